The van der Waals surface area contributed by atoms with Crippen LogP contribution in [0.1, 0.15) is 0 Å². The van der Waals surface area contributed by atoms with Gasteiger partial charge in [-0.2, -0.15) is 0 Å². The van der Waals surface area contributed by atoms with Crippen molar-refractivity contribution in [3.63, 3.8) is 0 Å². The molecular formula is C10H9N3O. The van der Waals surface area contributed by atoms with Gasteiger partial charge in [-0.15, -0.1) is 10.2 Å². The summed E-state index contributed by atoms with van der Waals surface area (Å²) < 4.78 is 5.05. The molecule has 14 heavy (non-hydrogen) atoms. The molecule has 2 aromatic rings. The molecule has 1 heterocycles. The summed E-state index contributed by atoms with van der Waals surface area (Å²) in [5.41, 5.74) is 1.74. The lowest BCUT2D eigenvalue weighted by Crippen LogP contribution is -1.88. The van der Waals surface area contributed by atoms with E-state index in [1.165, 1.54) is 6.33 Å². The summed E-state index contributed by atoms with van der Waals surface area (Å²) in [6.07, 6.45) is 3.09. The van der Waals surface area contributed by atoms with E-state index in [9.17, 15) is 0 Å². The molecule has 0 saturated carbocycles. The minimum atomic E-state index is 0.759. The maximum absolute atomic E-state index is 5.05. The first-order valence-electron chi connectivity index (χ1n) is 4.17. The average Bonchev–Trinajstić information content (AvgIpc) is 2.30. The highest BCUT2D eigenvalue weighted by atomic mass is 16.5. The molecule has 0 atom stereocenters. The number of rotatable bonds is 2. The Bertz CT molecular complexity index is 399. The molecule has 0 fully saturated rings. The summed E-state index contributed by atoms with van der Waals surface area (Å²) in [5.74, 6) is 0.825. The highest BCUT2D eigenvalue weighted by Gasteiger charge is 1.98. The molecule has 0 amide bonds. The van der Waals surface area contributed by atoms with Crippen LogP contribution in [-0.2, 0) is 0 Å². The van der Waals surface area contributed by atoms with E-state index in [1.807, 2.05) is 24.3 Å². The summed E-state index contributed by atoms with van der Waals surface area (Å²) in [4.78, 5) is 3.90. The first-order valence-corrected chi connectivity index (χ1v) is 4.17. The van der Waals surface area contributed by atoms with Gasteiger partial charge in [0.15, 0.2) is 0 Å². The number of benzene rings is 1. The summed E-state index contributed by atoms with van der Waals surface area (Å²) in [5, 5.41) is 7.66. The molecule has 0 aliphatic rings. The lowest BCUT2D eigenvalue weighted by Gasteiger charge is -2.01. The largest absolute Gasteiger partial charge is 0.497 e. The standard InChI is InChI=1S/C10H9N3O/c1-14-9-4-2-8(3-5-9)10-6-11-7-12-13-10/h2-7H,1H3. The van der Waals surface area contributed by atoms with Crippen LogP contribution < -0.4 is 4.74 Å². The average molecular weight is 187 g/mol. The van der Waals surface area contributed by atoms with Gasteiger partial charge >= 0.3 is 0 Å². The lowest BCUT2D eigenvalue weighted by atomic mass is 10.2. The van der Waals surface area contributed by atoms with Crippen LogP contribution in [0.25, 0.3) is 11.3 Å². The highest BCUT2D eigenvalue weighted by Crippen LogP contribution is 2.18. The Morgan fingerprint density at radius 2 is 1.93 bits per heavy atom. The second-order valence-electron chi connectivity index (χ2n) is 2.72. The van der Waals surface area contributed by atoms with Crippen LogP contribution >= 0.6 is 0 Å². The van der Waals surface area contributed by atoms with Gasteiger partial charge < -0.3 is 4.74 Å². The van der Waals surface area contributed by atoms with Gasteiger partial charge in [-0.05, 0) is 24.3 Å². The van der Waals surface area contributed by atoms with Crippen LogP contribution in [0, 0.1) is 0 Å². The van der Waals surface area contributed by atoms with Crippen LogP contribution in [0.2, 0.25) is 0 Å². The molecule has 4 heteroatoms. The third kappa shape index (κ3) is 1.69. The van der Waals surface area contributed by atoms with E-state index in [4.69, 9.17) is 4.74 Å². The molecule has 1 aromatic carbocycles. The summed E-state index contributed by atoms with van der Waals surface area (Å²) in [6, 6.07) is 7.60. The number of aromatic nitrogens is 3. The fraction of sp³-hybridized carbons (Fsp3) is 0.100. The molecule has 0 saturated heterocycles. The summed E-state index contributed by atoms with van der Waals surface area (Å²) in [6.45, 7) is 0. The molecule has 0 unspecified atom stereocenters. The Kier molecular flexibility index (Phi) is 2.36. The van der Waals surface area contributed by atoms with Gasteiger partial charge in [0, 0.05) is 5.56 Å². The first-order chi connectivity index (χ1) is 6.90. The van der Waals surface area contributed by atoms with Gasteiger partial charge in [0.1, 0.15) is 17.8 Å². The van der Waals surface area contributed by atoms with Crippen molar-refractivity contribution in [3.8, 4) is 17.0 Å². The predicted molar refractivity (Wildman–Crippen MR) is 51.8 cm³/mol. The maximum atomic E-state index is 5.05. The second kappa shape index (κ2) is 3.83. The Hall–Kier alpha value is -1.97. The van der Waals surface area contributed by atoms with Crippen molar-refractivity contribution in [3.05, 3.63) is 36.8 Å². The zero-order chi connectivity index (χ0) is 9.80. The minimum Gasteiger partial charge on any atom is -0.497 e. The highest BCUT2D eigenvalue weighted by molar-refractivity contribution is 5.58. The quantitative estimate of drug-likeness (QED) is 0.715. The molecular weight excluding hydrogens is 178 g/mol. The van der Waals surface area contributed by atoms with Crippen LogP contribution in [-0.4, -0.2) is 22.3 Å². The van der Waals surface area contributed by atoms with Gasteiger partial charge in [0.2, 0.25) is 0 Å². The van der Waals surface area contributed by atoms with Crippen molar-refractivity contribution < 1.29 is 4.74 Å². The van der Waals surface area contributed by atoms with Crippen molar-refractivity contribution in [1.29, 1.82) is 0 Å². The van der Waals surface area contributed by atoms with Gasteiger partial charge in [0.05, 0.1) is 13.3 Å². The lowest BCUT2D eigenvalue weighted by molar-refractivity contribution is 0.415. The molecule has 0 N–H and O–H groups in total. The van der Waals surface area contributed by atoms with Crippen LogP contribution in [0.5, 0.6) is 5.75 Å². The van der Waals surface area contributed by atoms with Crippen molar-refractivity contribution in [2.75, 3.05) is 7.11 Å². The van der Waals surface area contributed by atoms with E-state index in [0.29, 0.717) is 0 Å². The van der Waals surface area contributed by atoms with E-state index >= 15 is 0 Å². The van der Waals surface area contributed by atoms with Crippen LogP contribution in [0.3, 0.4) is 0 Å². The molecule has 0 aliphatic carbocycles. The molecule has 0 spiro atoms. The van der Waals surface area contributed by atoms with Gasteiger partial charge in [-0.3, -0.25) is 0 Å². The monoisotopic (exact) mass is 187 g/mol. The van der Waals surface area contributed by atoms with E-state index in [-0.39, 0.29) is 0 Å². The van der Waals surface area contributed by atoms with E-state index in [1.54, 1.807) is 13.3 Å². The Morgan fingerprint density at radius 3 is 2.50 bits per heavy atom. The fourth-order valence-electron chi connectivity index (χ4n) is 1.14. The van der Waals surface area contributed by atoms with Gasteiger partial charge in [0.25, 0.3) is 0 Å². The number of nitrogens with zero attached hydrogens (tertiary/aromatic N) is 3. The number of methoxy groups -OCH3 is 1. The zero-order valence-corrected chi connectivity index (χ0v) is 7.71. The van der Waals surface area contributed by atoms with E-state index < -0.39 is 0 Å². The predicted octanol–water partition coefficient (Wildman–Crippen LogP) is 1.55. The van der Waals surface area contributed by atoms with Crippen molar-refractivity contribution in [2.24, 2.45) is 0 Å². The number of hydrogen-bond donors (Lipinski definition) is 0. The van der Waals surface area contributed by atoms with Crippen molar-refractivity contribution >= 4 is 0 Å². The number of hydrogen-bond acceptors (Lipinski definition) is 4. The SMILES string of the molecule is COc1ccc(-c2cncnn2)cc1. The Balaban J connectivity index is 2.34. The van der Waals surface area contributed by atoms with Gasteiger partial charge in [-0.25, -0.2) is 4.98 Å². The third-order valence-corrected chi connectivity index (χ3v) is 1.87. The Morgan fingerprint density at radius 1 is 1.14 bits per heavy atom. The number of ether oxygens (including phenoxy) is 1. The van der Waals surface area contributed by atoms with Gasteiger partial charge in [-0.1, -0.05) is 0 Å². The molecule has 0 aliphatic heterocycles. The molecule has 2 rings (SSSR count). The molecule has 4 nitrogen and oxygen atoms in total. The normalized spacial score (nSPS) is 9.79. The van der Waals surface area contributed by atoms with E-state index in [0.717, 1.165) is 17.0 Å². The maximum Gasteiger partial charge on any atom is 0.138 e. The van der Waals surface area contributed by atoms with Crippen molar-refractivity contribution in [1.82, 2.24) is 15.2 Å². The molecule has 70 valence electrons. The van der Waals surface area contributed by atoms with Crippen LogP contribution in [0.15, 0.2) is 36.8 Å². The molecule has 0 radical (unpaired) electrons. The van der Waals surface area contributed by atoms with E-state index in [2.05, 4.69) is 15.2 Å². The summed E-state index contributed by atoms with van der Waals surface area (Å²) >= 11 is 0. The van der Waals surface area contributed by atoms with Crippen molar-refractivity contribution in [2.45, 2.75) is 0 Å². The summed E-state index contributed by atoms with van der Waals surface area (Å²) in [7, 11) is 1.64. The molecule has 0 bridgehead atoms. The fourth-order valence-corrected chi connectivity index (χ4v) is 1.14. The smallest absolute Gasteiger partial charge is 0.138 e. The zero-order valence-electron chi connectivity index (χ0n) is 7.71. The third-order valence-electron chi connectivity index (χ3n) is 1.87. The topological polar surface area (TPSA) is 47.9 Å². The first kappa shape index (κ1) is 8.62. The second-order valence-corrected chi connectivity index (χ2v) is 2.72. The van der Waals surface area contributed by atoms with Crippen LogP contribution in [0.4, 0.5) is 0 Å². The minimum absolute atomic E-state index is 0.759. The Labute approximate surface area is 81.6 Å². The molecule has 1 aromatic heterocycles.